The van der Waals surface area contributed by atoms with Gasteiger partial charge in [-0.25, -0.2) is 4.98 Å². The highest BCUT2D eigenvalue weighted by atomic mass is 35.5. The molecule has 0 bridgehead atoms. The molecular formula is C11H17ClN4. The molecule has 4 nitrogen and oxygen atoms in total. The lowest BCUT2D eigenvalue weighted by atomic mass is 9.98. The zero-order chi connectivity index (χ0) is 11.4. The van der Waals surface area contributed by atoms with Gasteiger partial charge in [0.25, 0.3) is 0 Å². The first-order valence-corrected chi connectivity index (χ1v) is 5.99. The standard InChI is InChI=1S/C11H17ClN4/c12-9-7-16-11(13)5-10(9)15-6-8-1-3-14-4-2-8/h5,7-8,14H,1-4,6H2,(H3,13,15,16). The second-order valence-corrected chi connectivity index (χ2v) is 4.57. The van der Waals surface area contributed by atoms with Crippen LogP contribution in [0.4, 0.5) is 11.5 Å². The Morgan fingerprint density at radius 1 is 1.50 bits per heavy atom. The zero-order valence-corrected chi connectivity index (χ0v) is 9.93. The average molecular weight is 241 g/mol. The van der Waals surface area contributed by atoms with E-state index in [2.05, 4.69) is 15.6 Å². The Balaban J connectivity index is 1.90. The third kappa shape index (κ3) is 3.00. The number of rotatable bonds is 3. The molecule has 0 saturated carbocycles. The van der Waals surface area contributed by atoms with Crippen molar-refractivity contribution in [3.8, 4) is 0 Å². The van der Waals surface area contributed by atoms with Crippen LogP contribution < -0.4 is 16.4 Å². The van der Waals surface area contributed by atoms with Gasteiger partial charge >= 0.3 is 0 Å². The zero-order valence-electron chi connectivity index (χ0n) is 9.17. The second-order valence-electron chi connectivity index (χ2n) is 4.16. The van der Waals surface area contributed by atoms with Crippen molar-refractivity contribution in [2.45, 2.75) is 12.8 Å². The maximum Gasteiger partial charge on any atom is 0.125 e. The van der Waals surface area contributed by atoms with Gasteiger partial charge in [0.05, 0.1) is 10.7 Å². The molecule has 1 aliphatic rings. The van der Waals surface area contributed by atoms with Crippen LogP contribution in [0.15, 0.2) is 12.3 Å². The Bertz CT molecular complexity index is 350. The summed E-state index contributed by atoms with van der Waals surface area (Å²) in [6.45, 7) is 3.17. The molecule has 0 atom stereocenters. The highest BCUT2D eigenvalue weighted by molar-refractivity contribution is 6.33. The van der Waals surface area contributed by atoms with Gasteiger partial charge in [0.1, 0.15) is 5.82 Å². The summed E-state index contributed by atoms with van der Waals surface area (Å²) in [6, 6.07) is 1.78. The van der Waals surface area contributed by atoms with Gasteiger partial charge in [-0.05, 0) is 31.8 Å². The predicted molar refractivity (Wildman–Crippen MR) is 67.7 cm³/mol. The summed E-state index contributed by atoms with van der Waals surface area (Å²) < 4.78 is 0. The third-order valence-electron chi connectivity index (χ3n) is 2.92. The molecule has 0 spiro atoms. The van der Waals surface area contributed by atoms with Gasteiger partial charge in [-0.15, -0.1) is 0 Å². The number of nitrogens with one attached hydrogen (secondary N) is 2. The largest absolute Gasteiger partial charge is 0.384 e. The lowest BCUT2D eigenvalue weighted by Gasteiger charge is -2.23. The summed E-state index contributed by atoms with van der Waals surface area (Å²) in [5.74, 6) is 1.21. The summed E-state index contributed by atoms with van der Waals surface area (Å²) in [4.78, 5) is 3.93. The average Bonchev–Trinajstić information content (AvgIpc) is 2.32. The molecule has 2 heterocycles. The van der Waals surface area contributed by atoms with Crippen molar-refractivity contribution in [3.63, 3.8) is 0 Å². The quantitative estimate of drug-likeness (QED) is 0.753. The van der Waals surface area contributed by atoms with Gasteiger partial charge in [0.15, 0.2) is 0 Å². The third-order valence-corrected chi connectivity index (χ3v) is 3.22. The first kappa shape index (κ1) is 11.5. The molecule has 88 valence electrons. The van der Waals surface area contributed by atoms with Crippen LogP contribution in [-0.2, 0) is 0 Å². The molecule has 5 heteroatoms. The SMILES string of the molecule is Nc1cc(NCC2CCNCC2)c(Cl)cn1. The molecule has 0 aliphatic carbocycles. The van der Waals surface area contributed by atoms with E-state index in [0.29, 0.717) is 16.8 Å². The van der Waals surface area contributed by atoms with Crippen molar-refractivity contribution >= 4 is 23.1 Å². The molecule has 0 unspecified atom stereocenters. The molecule has 0 amide bonds. The minimum Gasteiger partial charge on any atom is -0.384 e. The van der Waals surface area contributed by atoms with Gasteiger partial charge in [0, 0.05) is 18.8 Å². The molecule has 4 N–H and O–H groups in total. The summed E-state index contributed by atoms with van der Waals surface area (Å²) in [7, 11) is 0. The van der Waals surface area contributed by atoms with Gasteiger partial charge < -0.3 is 16.4 Å². The minimum atomic E-state index is 0.497. The van der Waals surface area contributed by atoms with Crippen LogP contribution in [0.1, 0.15) is 12.8 Å². The van der Waals surface area contributed by atoms with E-state index in [4.69, 9.17) is 17.3 Å². The van der Waals surface area contributed by atoms with Crippen molar-refractivity contribution in [3.05, 3.63) is 17.3 Å². The second kappa shape index (κ2) is 5.37. The normalized spacial score (nSPS) is 17.3. The number of nitrogens with zero attached hydrogens (tertiary/aromatic N) is 1. The lowest BCUT2D eigenvalue weighted by molar-refractivity contribution is 0.390. The van der Waals surface area contributed by atoms with E-state index in [1.54, 1.807) is 12.3 Å². The fourth-order valence-electron chi connectivity index (χ4n) is 1.93. The minimum absolute atomic E-state index is 0.497. The maximum atomic E-state index is 6.02. The molecule has 1 aromatic rings. The lowest BCUT2D eigenvalue weighted by Crippen LogP contribution is -2.31. The first-order valence-electron chi connectivity index (χ1n) is 5.61. The number of hydrogen-bond acceptors (Lipinski definition) is 4. The fourth-order valence-corrected chi connectivity index (χ4v) is 2.10. The van der Waals surface area contributed by atoms with E-state index in [9.17, 15) is 0 Å². The topological polar surface area (TPSA) is 63.0 Å². The van der Waals surface area contributed by atoms with Crippen molar-refractivity contribution in [2.75, 3.05) is 30.7 Å². The van der Waals surface area contributed by atoms with E-state index >= 15 is 0 Å². The Morgan fingerprint density at radius 2 is 2.25 bits per heavy atom. The van der Waals surface area contributed by atoms with Gasteiger partial charge in [-0.3, -0.25) is 0 Å². The number of pyridine rings is 1. The summed E-state index contributed by atoms with van der Waals surface area (Å²) in [6.07, 6.45) is 4.01. The molecule has 0 aromatic carbocycles. The molecule has 1 fully saturated rings. The molecule has 16 heavy (non-hydrogen) atoms. The number of halogens is 1. The van der Waals surface area contributed by atoms with Crippen LogP contribution in [-0.4, -0.2) is 24.6 Å². The number of aromatic nitrogens is 1. The summed E-state index contributed by atoms with van der Waals surface area (Å²) in [5.41, 5.74) is 6.50. The smallest absolute Gasteiger partial charge is 0.125 e. The highest BCUT2D eigenvalue weighted by Crippen LogP contribution is 2.23. The first-order chi connectivity index (χ1) is 7.75. The maximum absolute atomic E-state index is 6.02. The molecule has 1 aliphatic heterocycles. The Kier molecular flexibility index (Phi) is 3.85. The van der Waals surface area contributed by atoms with E-state index in [-0.39, 0.29) is 0 Å². The monoisotopic (exact) mass is 240 g/mol. The van der Waals surface area contributed by atoms with E-state index in [1.165, 1.54) is 12.8 Å². The molecule has 2 rings (SSSR count). The van der Waals surface area contributed by atoms with Gasteiger partial charge in [0.2, 0.25) is 0 Å². The summed E-state index contributed by atoms with van der Waals surface area (Å²) >= 11 is 6.02. The highest BCUT2D eigenvalue weighted by Gasteiger charge is 2.13. The molecule has 1 saturated heterocycles. The van der Waals surface area contributed by atoms with Crippen LogP contribution >= 0.6 is 11.6 Å². The van der Waals surface area contributed by atoms with Crippen molar-refractivity contribution in [1.82, 2.24) is 10.3 Å². The van der Waals surface area contributed by atoms with Crippen molar-refractivity contribution < 1.29 is 0 Å². The van der Waals surface area contributed by atoms with Crippen LogP contribution in [0, 0.1) is 5.92 Å². The van der Waals surface area contributed by atoms with Crippen LogP contribution in [0.5, 0.6) is 0 Å². The molecule has 1 aromatic heterocycles. The van der Waals surface area contributed by atoms with Crippen LogP contribution in [0.25, 0.3) is 0 Å². The Hall–Kier alpha value is -1.00. The number of piperidine rings is 1. The van der Waals surface area contributed by atoms with Crippen LogP contribution in [0.2, 0.25) is 5.02 Å². The molecular weight excluding hydrogens is 224 g/mol. The predicted octanol–water partition coefficient (Wildman–Crippen LogP) is 1.73. The Morgan fingerprint density at radius 3 is 3.00 bits per heavy atom. The van der Waals surface area contributed by atoms with E-state index in [0.717, 1.165) is 25.3 Å². The van der Waals surface area contributed by atoms with Gasteiger partial charge in [-0.1, -0.05) is 11.6 Å². The van der Waals surface area contributed by atoms with E-state index < -0.39 is 0 Å². The number of anilines is 2. The number of nitrogens with two attached hydrogens (primary N) is 1. The molecule has 0 radical (unpaired) electrons. The van der Waals surface area contributed by atoms with Crippen molar-refractivity contribution in [2.24, 2.45) is 5.92 Å². The summed E-state index contributed by atoms with van der Waals surface area (Å²) in [5, 5.41) is 7.32. The fraction of sp³-hybridized carbons (Fsp3) is 0.545. The number of nitrogen functional groups attached to an aromatic ring is 1. The Labute approximate surface area is 101 Å². The number of hydrogen-bond donors (Lipinski definition) is 3. The van der Waals surface area contributed by atoms with Gasteiger partial charge in [-0.2, -0.15) is 0 Å². The van der Waals surface area contributed by atoms with E-state index in [1.807, 2.05) is 0 Å². The van der Waals surface area contributed by atoms with Crippen LogP contribution in [0.3, 0.4) is 0 Å². The van der Waals surface area contributed by atoms with Crippen molar-refractivity contribution in [1.29, 1.82) is 0 Å².